The van der Waals surface area contributed by atoms with Gasteiger partial charge < -0.3 is 19.3 Å². The lowest BCUT2D eigenvalue weighted by Gasteiger charge is -2.35. The number of ether oxygens (including phenoxy) is 2. The normalized spacial score (nSPS) is 18.1. The molecule has 0 saturated carbocycles. The zero-order chi connectivity index (χ0) is 25.9. The number of rotatable bonds is 5. The maximum absolute atomic E-state index is 13.4. The van der Waals surface area contributed by atoms with Gasteiger partial charge in [-0.05, 0) is 50.1 Å². The fourth-order valence-corrected chi connectivity index (χ4v) is 4.54. The van der Waals surface area contributed by atoms with E-state index >= 15 is 0 Å². The molecule has 0 bridgehead atoms. The van der Waals surface area contributed by atoms with E-state index in [2.05, 4.69) is 15.1 Å². The summed E-state index contributed by atoms with van der Waals surface area (Å²) in [6, 6.07) is 5.26. The summed E-state index contributed by atoms with van der Waals surface area (Å²) in [7, 11) is 1.56. The Kier molecular flexibility index (Phi) is 7.67. The van der Waals surface area contributed by atoms with E-state index in [1.54, 1.807) is 51.8 Å². The van der Waals surface area contributed by atoms with E-state index in [0.717, 1.165) is 17.8 Å². The number of aromatic nitrogens is 3. The van der Waals surface area contributed by atoms with Crippen LogP contribution in [0.5, 0.6) is 5.88 Å². The van der Waals surface area contributed by atoms with Gasteiger partial charge >= 0.3 is 6.09 Å². The highest BCUT2D eigenvalue weighted by Gasteiger charge is 2.30. The Morgan fingerprint density at radius 2 is 1.83 bits per heavy atom. The number of allylic oxidation sites excluding steroid dienone is 1. The summed E-state index contributed by atoms with van der Waals surface area (Å²) in [5.74, 6) is 0.315. The molecule has 0 radical (unpaired) electrons. The predicted octanol–water partition coefficient (Wildman–Crippen LogP) is 3.73. The fourth-order valence-electron chi connectivity index (χ4n) is 4.02. The van der Waals surface area contributed by atoms with Crippen LogP contribution in [0.25, 0.3) is 5.69 Å². The molecule has 10 nitrogen and oxygen atoms in total. The van der Waals surface area contributed by atoms with Crippen LogP contribution in [-0.2, 0) is 4.74 Å². The molecule has 0 spiro atoms. The van der Waals surface area contributed by atoms with Gasteiger partial charge in [-0.25, -0.2) is 14.5 Å². The molecule has 36 heavy (non-hydrogen) atoms. The first-order chi connectivity index (χ1) is 17.2. The van der Waals surface area contributed by atoms with E-state index in [9.17, 15) is 9.59 Å². The van der Waals surface area contributed by atoms with Crippen LogP contribution in [0.3, 0.4) is 0 Å². The molecule has 0 N–H and O–H groups in total. The molecule has 2 aliphatic rings. The molecule has 4 heterocycles. The van der Waals surface area contributed by atoms with Crippen LogP contribution in [0, 0.1) is 0 Å². The monoisotopic (exact) mass is 512 g/mol. The summed E-state index contributed by atoms with van der Waals surface area (Å²) in [5, 5.41) is 4.68. The third-order valence-electron chi connectivity index (χ3n) is 5.87. The number of nitrogens with zero attached hydrogens (tertiary/aromatic N) is 6. The first-order valence-electron chi connectivity index (χ1n) is 11.8. The first-order valence-corrected chi connectivity index (χ1v) is 13.0. The molecule has 1 saturated heterocycles. The SMILES string of the molecule is COc1ccc(-n2nc(C(=O)N3CCN(C(=O)OC(C)(C)C)CC3)cc2C2CC(SC)=CC=N2)cn1. The lowest BCUT2D eigenvalue weighted by Crippen LogP contribution is -2.51. The summed E-state index contributed by atoms with van der Waals surface area (Å²) in [6.07, 6.45) is 7.89. The van der Waals surface area contributed by atoms with Crippen LogP contribution < -0.4 is 4.74 Å². The average Bonchev–Trinajstić information content (AvgIpc) is 3.33. The van der Waals surface area contributed by atoms with E-state index < -0.39 is 5.60 Å². The highest BCUT2D eigenvalue weighted by atomic mass is 32.2. The number of amides is 2. The van der Waals surface area contributed by atoms with Gasteiger partial charge in [0.1, 0.15) is 5.60 Å². The average molecular weight is 513 g/mol. The van der Waals surface area contributed by atoms with Gasteiger partial charge in [-0.15, -0.1) is 11.8 Å². The van der Waals surface area contributed by atoms with Crippen molar-refractivity contribution in [3.8, 4) is 11.6 Å². The second kappa shape index (κ2) is 10.7. The molecule has 4 rings (SSSR count). The molecule has 0 aliphatic carbocycles. The number of methoxy groups -OCH3 is 1. The zero-order valence-corrected chi connectivity index (χ0v) is 22.1. The van der Waals surface area contributed by atoms with Crippen molar-refractivity contribution >= 4 is 30.0 Å². The molecule has 0 aromatic carbocycles. The second-order valence-corrected chi connectivity index (χ2v) is 10.5. The van der Waals surface area contributed by atoms with Gasteiger partial charge in [0.05, 0.1) is 30.7 Å². The largest absolute Gasteiger partial charge is 0.481 e. The lowest BCUT2D eigenvalue weighted by molar-refractivity contribution is 0.0140. The summed E-state index contributed by atoms with van der Waals surface area (Å²) in [4.78, 5) is 39.3. The third kappa shape index (κ3) is 5.89. The number of aliphatic imine (C=N–C) groups is 1. The van der Waals surface area contributed by atoms with Crippen LogP contribution >= 0.6 is 11.8 Å². The van der Waals surface area contributed by atoms with Crippen molar-refractivity contribution in [2.75, 3.05) is 39.5 Å². The van der Waals surface area contributed by atoms with E-state index in [4.69, 9.17) is 9.47 Å². The van der Waals surface area contributed by atoms with Crippen molar-refractivity contribution in [3.05, 3.63) is 46.8 Å². The second-order valence-electron chi connectivity index (χ2n) is 9.54. The third-order valence-corrected chi connectivity index (χ3v) is 6.70. The minimum absolute atomic E-state index is 0.169. The number of carbonyl (C=O) groups excluding carboxylic acids is 2. The van der Waals surface area contributed by atoms with Crippen LogP contribution in [0.4, 0.5) is 4.79 Å². The first kappa shape index (κ1) is 25.7. The van der Waals surface area contributed by atoms with Crippen molar-refractivity contribution in [3.63, 3.8) is 0 Å². The van der Waals surface area contributed by atoms with Gasteiger partial charge in [-0.3, -0.25) is 9.79 Å². The van der Waals surface area contributed by atoms with Gasteiger partial charge in [0.2, 0.25) is 5.88 Å². The minimum Gasteiger partial charge on any atom is -0.481 e. The minimum atomic E-state index is -0.559. The van der Waals surface area contributed by atoms with E-state index in [1.165, 1.54) is 4.91 Å². The van der Waals surface area contributed by atoms with Gasteiger partial charge in [-0.2, -0.15) is 5.10 Å². The predicted molar refractivity (Wildman–Crippen MR) is 139 cm³/mol. The maximum atomic E-state index is 13.4. The number of carbonyl (C=O) groups is 2. The summed E-state index contributed by atoms with van der Waals surface area (Å²) >= 11 is 1.69. The van der Waals surface area contributed by atoms with Gasteiger partial charge in [0.15, 0.2) is 5.69 Å². The Labute approximate surface area is 215 Å². The van der Waals surface area contributed by atoms with E-state index in [-0.39, 0.29) is 18.0 Å². The molecule has 1 fully saturated rings. The van der Waals surface area contributed by atoms with E-state index in [1.807, 2.05) is 45.2 Å². The molecule has 2 aromatic heterocycles. The molecule has 11 heteroatoms. The van der Waals surface area contributed by atoms with Crippen LogP contribution in [-0.4, -0.2) is 87.9 Å². The molecule has 1 atom stereocenters. The number of pyridine rings is 1. The molecular formula is C25H32N6O4S. The number of thioether (sulfide) groups is 1. The van der Waals surface area contributed by atoms with Crippen molar-refractivity contribution in [2.24, 2.45) is 4.99 Å². The van der Waals surface area contributed by atoms with Gasteiger partial charge in [0.25, 0.3) is 5.91 Å². The fraction of sp³-hybridized carbons (Fsp3) is 0.480. The standard InChI is InChI=1S/C25H32N6O4S/c1-25(2,3)35-24(33)30-12-10-29(11-13-30)23(32)20-15-21(19-14-18(36-5)8-9-26-19)31(28-20)17-6-7-22(34-4)27-16-17/h6-9,15-16,19H,10-14H2,1-5H3. The number of dihydropyridines is 1. The molecule has 2 aliphatic heterocycles. The summed E-state index contributed by atoms with van der Waals surface area (Å²) < 4.78 is 12.4. The maximum Gasteiger partial charge on any atom is 0.410 e. The Hall–Kier alpha value is -3.34. The highest BCUT2D eigenvalue weighted by molar-refractivity contribution is 8.02. The van der Waals surface area contributed by atoms with Crippen molar-refractivity contribution in [1.29, 1.82) is 0 Å². The van der Waals surface area contributed by atoms with E-state index in [0.29, 0.717) is 37.8 Å². The van der Waals surface area contributed by atoms with Crippen molar-refractivity contribution < 1.29 is 19.1 Å². The topological polar surface area (TPSA) is 102 Å². The number of hydrogen-bond acceptors (Lipinski definition) is 8. The Balaban J connectivity index is 1.55. The molecule has 1 unspecified atom stereocenters. The Bertz CT molecular complexity index is 1160. The summed E-state index contributed by atoms with van der Waals surface area (Å²) in [6.45, 7) is 7.15. The van der Waals surface area contributed by atoms with Crippen LogP contribution in [0.2, 0.25) is 0 Å². The van der Waals surface area contributed by atoms with Crippen LogP contribution in [0.15, 0.2) is 40.4 Å². The lowest BCUT2D eigenvalue weighted by atomic mass is 10.1. The smallest absolute Gasteiger partial charge is 0.410 e. The number of piperazine rings is 1. The highest BCUT2D eigenvalue weighted by Crippen LogP contribution is 2.33. The van der Waals surface area contributed by atoms with Crippen molar-refractivity contribution in [1.82, 2.24) is 24.6 Å². The molecular weight excluding hydrogens is 480 g/mol. The molecule has 2 amide bonds. The Morgan fingerprint density at radius 1 is 1.11 bits per heavy atom. The number of hydrogen-bond donors (Lipinski definition) is 0. The Morgan fingerprint density at radius 3 is 2.44 bits per heavy atom. The quantitative estimate of drug-likeness (QED) is 0.601. The van der Waals surface area contributed by atoms with Crippen LogP contribution in [0.1, 0.15) is 49.4 Å². The molecule has 2 aromatic rings. The van der Waals surface area contributed by atoms with Gasteiger partial charge in [-0.1, -0.05) is 0 Å². The van der Waals surface area contributed by atoms with Gasteiger partial charge in [0, 0.05) is 44.9 Å². The summed E-state index contributed by atoms with van der Waals surface area (Å²) in [5.41, 5.74) is 1.31. The van der Waals surface area contributed by atoms with Crippen molar-refractivity contribution in [2.45, 2.75) is 38.8 Å². The zero-order valence-electron chi connectivity index (χ0n) is 21.3. The molecule has 192 valence electrons.